The zero-order valence-electron chi connectivity index (χ0n) is 11.2. The van der Waals surface area contributed by atoms with Gasteiger partial charge in [-0.1, -0.05) is 20.3 Å². The van der Waals surface area contributed by atoms with Crippen LogP contribution in [0, 0.1) is 5.92 Å². The molecule has 0 radical (unpaired) electrons. The van der Waals surface area contributed by atoms with E-state index < -0.39 is 6.04 Å². The number of ether oxygens (including phenoxy) is 1. The average Bonchev–Trinajstić information content (AvgIpc) is 2.39. The van der Waals surface area contributed by atoms with Crippen molar-refractivity contribution in [3.63, 3.8) is 0 Å². The van der Waals surface area contributed by atoms with E-state index in [1.165, 1.54) is 0 Å². The van der Waals surface area contributed by atoms with Crippen LogP contribution in [0.25, 0.3) is 0 Å². The lowest BCUT2D eigenvalue weighted by atomic mass is 9.99. The van der Waals surface area contributed by atoms with Gasteiger partial charge < -0.3 is 15.8 Å². The highest BCUT2D eigenvalue weighted by molar-refractivity contribution is 9.11. The zero-order valence-corrected chi connectivity index (χ0v) is 14.3. The summed E-state index contributed by atoms with van der Waals surface area (Å²) in [6.45, 7) is 3.97. The molecule has 1 amide bonds. The first kappa shape index (κ1) is 16.5. The van der Waals surface area contributed by atoms with E-state index in [4.69, 9.17) is 10.5 Å². The molecule has 0 saturated carbocycles. The number of rotatable bonds is 5. The number of halogens is 2. The van der Waals surface area contributed by atoms with Gasteiger partial charge in [0, 0.05) is 10.5 Å². The summed E-state index contributed by atoms with van der Waals surface area (Å²) < 4.78 is 6.78. The van der Waals surface area contributed by atoms with Crippen molar-refractivity contribution < 1.29 is 9.53 Å². The fourth-order valence-corrected chi connectivity index (χ4v) is 2.76. The number of anilines is 1. The maximum atomic E-state index is 12.0. The molecule has 0 saturated heterocycles. The molecule has 1 rings (SSSR count). The molecule has 0 spiro atoms. The van der Waals surface area contributed by atoms with Crippen molar-refractivity contribution in [2.45, 2.75) is 26.3 Å². The highest BCUT2D eigenvalue weighted by atomic mass is 79.9. The molecule has 19 heavy (non-hydrogen) atoms. The van der Waals surface area contributed by atoms with Crippen LogP contribution in [0.2, 0.25) is 0 Å². The summed E-state index contributed by atoms with van der Waals surface area (Å²) in [6, 6.07) is 3.05. The molecule has 3 N–H and O–H groups in total. The van der Waals surface area contributed by atoms with Crippen LogP contribution in [0.5, 0.6) is 5.75 Å². The lowest BCUT2D eigenvalue weighted by Gasteiger charge is -2.18. The number of carbonyl (C=O) groups excluding carboxylic acids is 1. The third-order valence-corrected chi connectivity index (χ3v) is 4.33. The molecule has 2 atom stereocenters. The van der Waals surface area contributed by atoms with Crippen LogP contribution < -0.4 is 15.8 Å². The lowest BCUT2D eigenvalue weighted by Crippen LogP contribution is -2.40. The second-order valence-electron chi connectivity index (χ2n) is 4.37. The zero-order chi connectivity index (χ0) is 14.6. The molecular weight excluding hydrogens is 376 g/mol. The molecule has 0 aliphatic heterocycles. The van der Waals surface area contributed by atoms with Crippen LogP contribution >= 0.6 is 31.9 Å². The van der Waals surface area contributed by atoms with E-state index in [-0.39, 0.29) is 11.8 Å². The molecule has 4 nitrogen and oxygen atoms in total. The number of carbonyl (C=O) groups is 1. The van der Waals surface area contributed by atoms with Gasteiger partial charge in [0.15, 0.2) is 0 Å². The summed E-state index contributed by atoms with van der Waals surface area (Å²) in [5, 5.41) is 2.82. The van der Waals surface area contributed by atoms with Crippen LogP contribution in [-0.4, -0.2) is 19.1 Å². The number of amides is 1. The second kappa shape index (κ2) is 7.26. The topological polar surface area (TPSA) is 64.4 Å². The van der Waals surface area contributed by atoms with Gasteiger partial charge in [0.1, 0.15) is 5.75 Å². The van der Waals surface area contributed by atoms with Crippen molar-refractivity contribution in [2.24, 2.45) is 11.7 Å². The van der Waals surface area contributed by atoms with E-state index in [1.54, 1.807) is 13.2 Å². The quantitative estimate of drug-likeness (QED) is 0.804. The predicted molar refractivity (Wildman–Crippen MR) is 84.5 cm³/mol. The van der Waals surface area contributed by atoms with Crippen molar-refractivity contribution in [3.05, 3.63) is 21.1 Å². The minimum Gasteiger partial charge on any atom is -0.495 e. The minimum atomic E-state index is -0.522. The monoisotopic (exact) mass is 392 g/mol. The number of nitrogens with two attached hydrogens (primary N) is 1. The molecule has 106 valence electrons. The Kier molecular flexibility index (Phi) is 6.29. The first-order valence-electron chi connectivity index (χ1n) is 6.00. The standard InChI is InChI=1S/C13H18Br2N2O2/c1-4-7(2)12(16)13(18)17-10-6-11(19-3)9(15)5-8(10)14/h5-7,12H,4,16H2,1-3H3,(H,17,18)/t7?,12-/m0/s1. The number of methoxy groups -OCH3 is 1. The summed E-state index contributed by atoms with van der Waals surface area (Å²) in [7, 11) is 1.57. The largest absolute Gasteiger partial charge is 0.495 e. The van der Waals surface area contributed by atoms with E-state index in [0.717, 1.165) is 15.4 Å². The van der Waals surface area contributed by atoms with Gasteiger partial charge >= 0.3 is 0 Å². The fraction of sp³-hybridized carbons (Fsp3) is 0.462. The van der Waals surface area contributed by atoms with Gasteiger partial charge in [0.05, 0.1) is 23.3 Å². The Bertz CT molecular complexity index is 466. The Hall–Kier alpha value is -0.590. The molecule has 0 aliphatic rings. The maximum absolute atomic E-state index is 12.0. The molecule has 6 heteroatoms. The van der Waals surface area contributed by atoms with Gasteiger partial charge in [-0.05, 0) is 43.8 Å². The Labute approximate surface area is 130 Å². The smallest absolute Gasteiger partial charge is 0.241 e. The molecule has 0 aliphatic carbocycles. The van der Waals surface area contributed by atoms with Crippen LogP contribution in [-0.2, 0) is 4.79 Å². The molecule has 0 bridgehead atoms. The highest BCUT2D eigenvalue weighted by Crippen LogP contribution is 2.34. The Balaban J connectivity index is 2.90. The Morgan fingerprint density at radius 3 is 2.58 bits per heavy atom. The van der Waals surface area contributed by atoms with Crippen LogP contribution in [0.3, 0.4) is 0 Å². The Morgan fingerprint density at radius 1 is 1.42 bits per heavy atom. The maximum Gasteiger partial charge on any atom is 0.241 e. The summed E-state index contributed by atoms with van der Waals surface area (Å²) in [5.41, 5.74) is 6.54. The second-order valence-corrected chi connectivity index (χ2v) is 6.08. The van der Waals surface area contributed by atoms with Gasteiger partial charge in [-0.3, -0.25) is 4.79 Å². The van der Waals surface area contributed by atoms with Crippen LogP contribution in [0.4, 0.5) is 5.69 Å². The van der Waals surface area contributed by atoms with Crippen molar-refractivity contribution in [1.82, 2.24) is 0 Å². The first-order valence-corrected chi connectivity index (χ1v) is 7.58. The molecule has 0 aromatic heterocycles. The number of hydrogen-bond donors (Lipinski definition) is 2. The van der Waals surface area contributed by atoms with Crippen LogP contribution in [0.1, 0.15) is 20.3 Å². The lowest BCUT2D eigenvalue weighted by molar-refractivity contribution is -0.118. The van der Waals surface area contributed by atoms with E-state index in [9.17, 15) is 4.79 Å². The first-order chi connectivity index (χ1) is 8.90. The summed E-state index contributed by atoms with van der Waals surface area (Å²) >= 11 is 6.78. The van der Waals surface area contributed by atoms with Gasteiger partial charge in [0.2, 0.25) is 5.91 Å². The normalized spacial score (nSPS) is 13.8. The SMILES string of the molecule is CCC(C)[C@H](N)C(=O)Nc1cc(OC)c(Br)cc1Br. The molecule has 0 heterocycles. The third-order valence-electron chi connectivity index (χ3n) is 3.06. The molecule has 1 aromatic carbocycles. The summed E-state index contributed by atoms with van der Waals surface area (Å²) in [4.78, 5) is 12.0. The number of hydrogen-bond acceptors (Lipinski definition) is 3. The number of nitrogens with one attached hydrogen (secondary N) is 1. The molecule has 1 aromatic rings. The Morgan fingerprint density at radius 2 is 2.05 bits per heavy atom. The van der Waals surface area contributed by atoms with E-state index >= 15 is 0 Å². The molecule has 0 fully saturated rings. The van der Waals surface area contributed by atoms with Crippen molar-refractivity contribution in [2.75, 3.05) is 12.4 Å². The van der Waals surface area contributed by atoms with Crippen molar-refractivity contribution in [3.8, 4) is 5.75 Å². The molecular formula is C13H18Br2N2O2. The molecule has 1 unspecified atom stereocenters. The van der Waals surface area contributed by atoms with Crippen molar-refractivity contribution in [1.29, 1.82) is 0 Å². The van der Waals surface area contributed by atoms with Gasteiger partial charge in [0.25, 0.3) is 0 Å². The minimum absolute atomic E-state index is 0.135. The third kappa shape index (κ3) is 4.19. The van der Waals surface area contributed by atoms with Gasteiger partial charge in [-0.2, -0.15) is 0 Å². The van der Waals surface area contributed by atoms with Gasteiger partial charge in [-0.15, -0.1) is 0 Å². The van der Waals surface area contributed by atoms with Crippen LogP contribution in [0.15, 0.2) is 21.1 Å². The van der Waals surface area contributed by atoms with Gasteiger partial charge in [-0.25, -0.2) is 0 Å². The van der Waals surface area contributed by atoms with E-state index in [2.05, 4.69) is 37.2 Å². The average molecular weight is 394 g/mol. The van der Waals surface area contributed by atoms with E-state index in [1.807, 2.05) is 19.9 Å². The fourth-order valence-electron chi connectivity index (χ4n) is 1.51. The van der Waals surface area contributed by atoms with E-state index in [0.29, 0.717) is 11.4 Å². The summed E-state index contributed by atoms with van der Waals surface area (Å²) in [6.07, 6.45) is 0.861. The highest BCUT2D eigenvalue weighted by Gasteiger charge is 2.20. The van der Waals surface area contributed by atoms with Crippen molar-refractivity contribution >= 4 is 43.5 Å². The predicted octanol–water partition coefficient (Wildman–Crippen LogP) is 3.53. The summed E-state index contributed by atoms with van der Waals surface area (Å²) in [5.74, 6) is 0.589. The number of benzene rings is 1.